The lowest BCUT2D eigenvalue weighted by molar-refractivity contribution is -0.137. The zero-order valence-corrected chi connectivity index (χ0v) is 13.6. The van der Waals surface area contributed by atoms with Crippen molar-refractivity contribution in [3.05, 3.63) is 11.3 Å². The molecule has 20 heavy (non-hydrogen) atoms. The number of methoxy groups -OCH3 is 1. The molecule has 0 aromatic carbocycles. The van der Waals surface area contributed by atoms with E-state index >= 15 is 0 Å². The van der Waals surface area contributed by atoms with E-state index in [4.69, 9.17) is 0 Å². The average Bonchev–Trinajstić information content (AvgIpc) is 2.41. The first-order chi connectivity index (χ1) is 9.54. The van der Waals surface area contributed by atoms with Crippen LogP contribution in [-0.2, 0) is 14.3 Å². The highest BCUT2D eigenvalue weighted by Gasteiger charge is 2.22. The molecule has 0 rings (SSSR count). The monoisotopic (exact) mass is 302 g/mol. The fraction of sp³-hybridized carbons (Fsp3) is 0.733. The molecule has 0 bridgehead atoms. The molecule has 0 spiro atoms. The van der Waals surface area contributed by atoms with E-state index in [0.717, 1.165) is 24.6 Å². The van der Waals surface area contributed by atoms with Crippen molar-refractivity contribution >= 4 is 22.8 Å². The maximum Gasteiger partial charge on any atom is 0.345 e. The molecule has 5 heteroatoms. The Bertz CT molecular complexity index is 333. The number of allylic oxidation sites excluding steroid dienone is 1. The van der Waals surface area contributed by atoms with E-state index in [1.165, 1.54) is 46.1 Å². The van der Waals surface area contributed by atoms with Gasteiger partial charge in [-0.3, -0.25) is 4.79 Å². The van der Waals surface area contributed by atoms with Gasteiger partial charge in [0.25, 0.3) is 0 Å². The fourth-order valence-electron chi connectivity index (χ4n) is 1.78. The maximum absolute atomic E-state index is 11.8. The average molecular weight is 302 g/mol. The normalized spacial score (nSPS) is 11.9. The number of aliphatic hydroxyl groups is 1. The zero-order valence-electron chi connectivity index (χ0n) is 12.7. The summed E-state index contributed by atoms with van der Waals surface area (Å²) >= 11 is 1.07. The number of hydrogen-bond donors (Lipinski definition) is 1. The molecule has 1 N–H and O–H groups in total. The quantitative estimate of drug-likeness (QED) is 0.165. The summed E-state index contributed by atoms with van der Waals surface area (Å²) in [5, 5.41) is 8.94. The number of ether oxygens (including phenoxy) is 1. The smallest absolute Gasteiger partial charge is 0.345 e. The Labute approximate surface area is 126 Å². The van der Waals surface area contributed by atoms with Crippen molar-refractivity contribution in [2.45, 2.75) is 58.8 Å². The lowest BCUT2D eigenvalue weighted by Crippen LogP contribution is -2.14. The molecular weight excluding hydrogens is 276 g/mol. The number of aliphatic hydroxyl groups excluding tert-OH is 1. The Morgan fingerprint density at radius 1 is 1.05 bits per heavy atom. The molecule has 0 aromatic heterocycles. The Balaban J connectivity index is 3.87. The predicted octanol–water partition coefficient (Wildman–Crippen LogP) is 4.00. The molecule has 0 atom stereocenters. The van der Waals surface area contributed by atoms with Crippen LogP contribution in [0.2, 0.25) is 0 Å². The lowest BCUT2D eigenvalue weighted by atomic mass is 10.1. The third-order valence-electron chi connectivity index (χ3n) is 2.94. The molecular formula is C15H26O4S. The predicted molar refractivity (Wildman–Crippen MR) is 82.8 cm³/mol. The van der Waals surface area contributed by atoms with Gasteiger partial charge in [-0.1, -0.05) is 57.2 Å². The molecule has 0 saturated carbocycles. The number of hydrogen-bond acceptors (Lipinski definition) is 5. The molecule has 0 aliphatic rings. The molecule has 4 nitrogen and oxygen atoms in total. The van der Waals surface area contributed by atoms with Crippen LogP contribution in [0, 0.1) is 0 Å². The first-order valence-electron chi connectivity index (χ1n) is 7.19. The molecule has 0 radical (unpaired) electrons. The van der Waals surface area contributed by atoms with Crippen LogP contribution in [0.1, 0.15) is 58.8 Å². The van der Waals surface area contributed by atoms with Crippen molar-refractivity contribution < 1.29 is 19.4 Å². The van der Waals surface area contributed by atoms with E-state index in [1.54, 1.807) is 0 Å². The van der Waals surface area contributed by atoms with Crippen LogP contribution in [0.3, 0.4) is 0 Å². The molecule has 116 valence electrons. The summed E-state index contributed by atoms with van der Waals surface area (Å²) in [7, 11) is 1.19. The number of rotatable bonds is 10. The van der Waals surface area contributed by atoms with Gasteiger partial charge in [0.05, 0.1) is 7.11 Å². The van der Waals surface area contributed by atoms with Gasteiger partial charge in [-0.25, -0.2) is 4.79 Å². The van der Waals surface area contributed by atoms with Gasteiger partial charge in [-0.15, -0.1) is 0 Å². The van der Waals surface area contributed by atoms with E-state index < -0.39 is 11.1 Å². The van der Waals surface area contributed by atoms with Crippen LogP contribution in [0.4, 0.5) is 0 Å². The highest BCUT2D eigenvalue weighted by atomic mass is 32.2. The number of carbonyl (C=O) groups is 2. The maximum atomic E-state index is 11.8. The van der Waals surface area contributed by atoms with Crippen molar-refractivity contribution in [1.29, 1.82) is 0 Å². The molecule has 0 aromatic rings. The molecule has 0 aliphatic heterocycles. The van der Waals surface area contributed by atoms with Crippen LogP contribution < -0.4 is 0 Å². The summed E-state index contributed by atoms with van der Waals surface area (Å²) in [4.78, 5) is 23.2. The van der Waals surface area contributed by atoms with Gasteiger partial charge >= 0.3 is 5.97 Å². The van der Waals surface area contributed by atoms with Crippen molar-refractivity contribution in [2.24, 2.45) is 0 Å². The van der Waals surface area contributed by atoms with E-state index in [1.807, 2.05) is 0 Å². The Kier molecular flexibility index (Phi) is 11.3. The second kappa shape index (κ2) is 11.8. The third kappa shape index (κ3) is 8.25. The largest absolute Gasteiger partial charge is 0.512 e. The van der Waals surface area contributed by atoms with E-state index in [9.17, 15) is 14.7 Å². The van der Waals surface area contributed by atoms with Gasteiger partial charge in [0, 0.05) is 5.75 Å². The van der Waals surface area contributed by atoms with Crippen molar-refractivity contribution in [3.8, 4) is 0 Å². The Morgan fingerprint density at radius 3 is 2.10 bits per heavy atom. The molecule has 0 amide bonds. The molecule has 0 saturated heterocycles. The lowest BCUT2D eigenvalue weighted by Gasteiger charge is -2.05. The summed E-state index contributed by atoms with van der Waals surface area (Å²) in [6.45, 7) is 3.51. The number of thioether (sulfide) groups is 1. The van der Waals surface area contributed by atoms with Crippen LogP contribution in [0.25, 0.3) is 0 Å². The van der Waals surface area contributed by atoms with Crippen LogP contribution >= 0.6 is 11.8 Å². The Hall–Kier alpha value is -0.970. The molecule has 0 unspecified atom stereocenters. The first-order valence-corrected chi connectivity index (χ1v) is 8.18. The van der Waals surface area contributed by atoms with Crippen LogP contribution in [0.5, 0.6) is 0 Å². The standard InChI is InChI=1S/C15H26O4S/c1-4-5-6-7-8-9-10-11-20-15(18)13(12(2)16)14(17)19-3/h16H,4-11H2,1-3H3/b13-12+. The van der Waals surface area contributed by atoms with Gasteiger partial charge in [0.1, 0.15) is 5.76 Å². The van der Waals surface area contributed by atoms with Crippen molar-refractivity contribution in [3.63, 3.8) is 0 Å². The number of unbranched alkanes of at least 4 members (excludes halogenated alkanes) is 6. The van der Waals surface area contributed by atoms with Gasteiger partial charge in [-0.05, 0) is 13.3 Å². The second-order valence-corrected chi connectivity index (χ2v) is 5.78. The number of esters is 1. The Morgan fingerprint density at radius 2 is 1.60 bits per heavy atom. The molecule has 0 fully saturated rings. The summed E-state index contributed by atoms with van der Waals surface area (Å²) in [5.41, 5.74) is -0.250. The topological polar surface area (TPSA) is 63.6 Å². The van der Waals surface area contributed by atoms with E-state index in [2.05, 4.69) is 11.7 Å². The van der Waals surface area contributed by atoms with Gasteiger partial charge in [0.15, 0.2) is 5.57 Å². The van der Waals surface area contributed by atoms with Gasteiger partial charge < -0.3 is 9.84 Å². The highest BCUT2D eigenvalue weighted by Crippen LogP contribution is 2.17. The zero-order chi connectivity index (χ0) is 15.4. The minimum atomic E-state index is -0.776. The summed E-state index contributed by atoms with van der Waals surface area (Å²) < 4.78 is 4.49. The summed E-state index contributed by atoms with van der Waals surface area (Å²) in [6, 6.07) is 0. The van der Waals surface area contributed by atoms with E-state index in [-0.39, 0.29) is 11.3 Å². The van der Waals surface area contributed by atoms with Crippen LogP contribution in [-0.4, -0.2) is 29.1 Å². The van der Waals surface area contributed by atoms with Crippen LogP contribution in [0.15, 0.2) is 11.3 Å². The molecule has 0 aliphatic carbocycles. The van der Waals surface area contributed by atoms with Crippen molar-refractivity contribution in [1.82, 2.24) is 0 Å². The van der Waals surface area contributed by atoms with Crippen molar-refractivity contribution in [2.75, 3.05) is 12.9 Å². The SMILES string of the molecule is CCCCCCCCCSC(=O)/C(C(=O)OC)=C(\C)O. The second-order valence-electron chi connectivity index (χ2n) is 4.71. The minimum Gasteiger partial charge on any atom is -0.512 e. The first kappa shape index (κ1) is 19.0. The summed E-state index contributed by atoms with van der Waals surface area (Å²) in [6.07, 6.45) is 8.29. The number of carbonyl (C=O) groups excluding carboxylic acids is 2. The summed E-state index contributed by atoms with van der Waals surface area (Å²) in [5.74, 6) is -0.392. The highest BCUT2D eigenvalue weighted by molar-refractivity contribution is 8.14. The van der Waals surface area contributed by atoms with Gasteiger partial charge in [-0.2, -0.15) is 0 Å². The fourth-order valence-corrected chi connectivity index (χ4v) is 2.69. The third-order valence-corrected chi connectivity index (χ3v) is 3.90. The van der Waals surface area contributed by atoms with E-state index in [0.29, 0.717) is 5.75 Å². The minimum absolute atomic E-state index is 0.250. The van der Waals surface area contributed by atoms with Gasteiger partial charge in [0.2, 0.25) is 5.12 Å². The molecule has 0 heterocycles.